The molecule has 2 heterocycles. The maximum atomic E-state index is 11.2. The van der Waals surface area contributed by atoms with Crippen molar-refractivity contribution in [2.24, 2.45) is 4.40 Å². The molecule has 0 radical (unpaired) electrons. The van der Waals surface area contributed by atoms with E-state index in [1.54, 1.807) is 12.1 Å². The van der Waals surface area contributed by atoms with Crippen LogP contribution < -0.4 is 5.32 Å². The van der Waals surface area contributed by atoms with Gasteiger partial charge < -0.3 is 5.32 Å². The largest absolute Gasteiger partial charge is 0.343 e. The van der Waals surface area contributed by atoms with Gasteiger partial charge in [-0.15, -0.1) is 4.40 Å². The zero-order chi connectivity index (χ0) is 8.60. The first kappa shape index (κ1) is 7.23. The van der Waals surface area contributed by atoms with Crippen LogP contribution in [-0.2, 0) is 10.0 Å². The van der Waals surface area contributed by atoms with Gasteiger partial charge >= 0.3 is 10.0 Å². The summed E-state index contributed by atoms with van der Waals surface area (Å²) in [6.07, 6.45) is 2.55. The summed E-state index contributed by atoms with van der Waals surface area (Å²) in [5.41, 5.74) is 0.465. The summed E-state index contributed by atoms with van der Waals surface area (Å²) in [7, 11) is -3.55. The minimum atomic E-state index is -3.55. The van der Waals surface area contributed by atoms with E-state index in [0.717, 1.165) is 6.34 Å². The van der Waals surface area contributed by atoms with Gasteiger partial charge in [-0.1, -0.05) is 0 Å². The molecule has 0 unspecified atom stereocenters. The minimum absolute atomic E-state index is 0.0208. The van der Waals surface area contributed by atoms with Gasteiger partial charge in [0.1, 0.15) is 6.34 Å². The SMILES string of the molecule is O=S1(=O)N=CNc2cccnc21. The fraction of sp³-hybridized carbons (Fsp3) is 0. The molecule has 6 heteroatoms. The molecule has 1 aliphatic heterocycles. The van der Waals surface area contributed by atoms with Crippen molar-refractivity contribution in [1.29, 1.82) is 0 Å². The average molecular weight is 183 g/mol. The maximum Gasteiger partial charge on any atom is 0.303 e. The lowest BCUT2D eigenvalue weighted by molar-refractivity contribution is 0.594. The van der Waals surface area contributed by atoms with Gasteiger partial charge in [-0.05, 0) is 12.1 Å². The zero-order valence-corrected chi connectivity index (χ0v) is 6.75. The molecule has 0 fully saturated rings. The third-order valence-corrected chi connectivity index (χ3v) is 2.62. The summed E-state index contributed by atoms with van der Waals surface area (Å²) in [5.74, 6) is 0. The molecule has 1 aromatic heterocycles. The van der Waals surface area contributed by atoms with E-state index in [1.165, 1.54) is 6.20 Å². The Morgan fingerprint density at radius 3 is 3.00 bits per heavy atom. The molecule has 1 N–H and O–H groups in total. The highest BCUT2D eigenvalue weighted by Gasteiger charge is 2.21. The Balaban J connectivity index is 2.75. The van der Waals surface area contributed by atoms with Crippen LogP contribution in [0.3, 0.4) is 0 Å². The van der Waals surface area contributed by atoms with Crippen LogP contribution in [-0.4, -0.2) is 19.7 Å². The number of anilines is 1. The second kappa shape index (κ2) is 2.28. The smallest absolute Gasteiger partial charge is 0.303 e. The highest BCUT2D eigenvalue weighted by atomic mass is 32.2. The normalized spacial score (nSPS) is 18.0. The predicted octanol–water partition coefficient (Wildman–Crippen LogP) is 0.224. The molecule has 1 aliphatic rings. The van der Waals surface area contributed by atoms with Crippen molar-refractivity contribution in [2.75, 3.05) is 5.32 Å². The zero-order valence-electron chi connectivity index (χ0n) is 5.93. The van der Waals surface area contributed by atoms with Crippen LogP contribution in [0.1, 0.15) is 0 Å². The fourth-order valence-electron chi connectivity index (χ4n) is 0.921. The lowest BCUT2D eigenvalue weighted by Crippen LogP contribution is -2.12. The van der Waals surface area contributed by atoms with Crippen LogP contribution in [0.5, 0.6) is 0 Å². The van der Waals surface area contributed by atoms with Crippen molar-refractivity contribution in [2.45, 2.75) is 5.03 Å². The number of nitrogens with zero attached hydrogens (tertiary/aromatic N) is 2. The molecule has 0 bridgehead atoms. The average Bonchev–Trinajstić information content (AvgIpc) is 2.04. The Labute approximate surface area is 69.2 Å². The van der Waals surface area contributed by atoms with Crippen LogP contribution in [0.15, 0.2) is 27.8 Å². The van der Waals surface area contributed by atoms with Gasteiger partial charge in [0.15, 0.2) is 0 Å². The van der Waals surface area contributed by atoms with Crippen molar-refractivity contribution in [3.05, 3.63) is 18.3 Å². The summed E-state index contributed by atoms with van der Waals surface area (Å²) in [5, 5.41) is 2.66. The van der Waals surface area contributed by atoms with Crippen LogP contribution in [0.4, 0.5) is 5.69 Å². The van der Waals surface area contributed by atoms with Crippen molar-refractivity contribution in [3.63, 3.8) is 0 Å². The molecule has 0 aliphatic carbocycles. The number of hydrogen-bond acceptors (Lipinski definition) is 4. The fourth-order valence-corrected chi connectivity index (χ4v) is 1.81. The highest BCUT2D eigenvalue weighted by Crippen LogP contribution is 2.21. The number of aromatic nitrogens is 1. The van der Waals surface area contributed by atoms with E-state index < -0.39 is 10.0 Å². The summed E-state index contributed by atoms with van der Waals surface area (Å²) in [6.45, 7) is 0. The Hall–Kier alpha value is -1.43. The van der Waals surface area contributed by atoms with Gasteiger partial charge in [0.25, 0.3) is 0 Å². The lowest BCUT2D eigenvalue weighted by atomic mass is 10.4. The van der Waals surface area contributed by atoms with Gasteiger partial charge in [-0.3, -0.25) is 0 Å². The number of pyridine rings is 1. The third kappa shape index (κ3) is 0.964. The Bertz CT molecular complexity index is 438. The second-order valence-corrected chi connectivity index (χ2v) is 3.76. The van der Waals surface area contributed by atoms with E-state index >= 15 is 0 Å². The van der Waals surface area contributed by atoms with Crippen LogP contribution in [0.2, 0.25) is 0 Å². The summed E-state index contributed by atoms with van der Waals surface area (Å²) < 4.78 is 25.6. The van der Waals surface area contributed by atoms with Crippen molar-refractivity contribution < 1.29 is 8.42 Å². The van der Waals surface area contributed by atoms with E-state index in [4.69, 9.17) is 0 Å². The first-order valence-corrected chi connectivity index (χ1v) is 4.64. The maximum absolute atomic E-state index is 11.2. The minimum Gasteiger partial charge on any atom is -0.343 e. The number of nitrogens with one attached hydrogen (secondary N) is 1. The molecule has 0 atom stereocenters. The Kier molecular flexibility index (Phi) is 1.37. The number of fused-ring (bicyclic) bond motifs is 1. The molecule has 12 heavy (non-hydrogen) atoms. The predicted molar refractivity (Wildman–Crippen MR) is 43.5 cm³/mol. The quantitative estimate of drug-likeness (QED) is 0.624. The van der Waals surface area contributed by atoms with Crippen LogP contribution >= 0.6 is 0 Å². The standard InChI is InChI=1S/C6H5N3O2S/c10-12(11)6-5(8-4-9-12)2-1-3-7-6/h1-4H,(H,8,9). The molecule has 1 aromatic rings. The van der Waals surface area contributed by atoms with E-state index in [-0.39, 0.29) is 5.03 Å². The van der Waals surface area contributed by atoms with Crippen molar-refractivity contribution >= 4 is 22.0 Å². The monoisotopic (exact) mass is 183 g/mol. The molecule has 0 saturated heterocycles. The van der Waals surface area contributed by atoms with E-state index in [2.05, 4.69) is 14.7 Å². The first-order valence-electron chi connectivity index (χ1n) is 3.20. The van der Waals surface area contributed by atoms with Crippen molar-refractivity contribution in [1.82, 2.24) is 4.98 Å². The second-order valence-electron chi connectivity index (χ2n) is 2.21. The molecule has 0 spiro atoms. The molecule has 0 amide bonds. The molecular formula is C6H5N3O2S. The van der Waals surface area contributed by atoms with E-state index in [1.807, 2.05) is 0 Å². The van der Waals surface area contributed by atoms with Crippen molar-refractivity contribution in [3.8, 4) is 0 Å². The molecule has 62 valence electrons. The van der Waals surface area contributed by atoms with Crippen LogP contribution in [0, 0.1) is 0 Å². The third-order valence-electron chi connectivity index (χ3n) is 1.43. The molecular weight excluding hydrogens is 178 g/mol. The summed E-state index contributed by atoms with van der Waals surface area (Å²) in [6, 6.07) is 3.28. The number of rotatable bonds is 0. The molecule has 5 nitrogen and oxygen atoms in total. The number of hydrogen-bond donors (Lipinski definition) is 1. The van der Waals surface area contributed by atoms with E-state index in [9.17, 15) is 8.42 Å². The van der Waals surface area contributed by atoms with Gasteiger partial charge in [0.05, 0.1) is 5.69 Å². The Morgan fingerprint density at radius 1 is 1.42 bits per heavy atom. The lowest BCUT2D eigenvalue weighted by Gasteiger charge is -2.09. The van der Waals surface area contributed by atoms with Gasteiger partial charge in [-0.25, -0.2) is 4.98 Å². The molecule has 0 saturated carbocycles. The summed E-state index contributed by atoms with van der Waals surface area (Å²) >= 11 is 0. The van der Waals surface area contributed by atoms with Crippen LogP contribution in [0.25, 0.3) is 0 Å². The van der Waals surface area contributed by atoms with E-state index in [0.29, 0.717) is 5.69 Å². The van der Waals surface area contributed by atoms with Gasteiger partial charge in [0, 0.05) is 6.20 Å². The molecule has 2 rings (SSSR count). The van der Waals surface area contributed by atoms with Gasteiger partial charge in [-0.2, -0.15) is 8.42 Å². The summed E-state index contributed by atoms with van der Waals surface area (Å²) in [4.78, 5) is 3.71. The molecule has 0 aromatic carbocycles. The number of sulfonamides is 1. The topological polar surface area (TPSA) is 71.4 Å². The van der Waals surface area contributed by atoms with Gasteiger partial charge in [0.2, 0.25) is 5.03 Å². The first-order chi connectivity index (χ1) is 5.70. The Morgan fingerprint density at radius 2 is 2.25 bits per heavy atom. The highest BCUT2D eigenvalue weighted by molar-refractivity contribution is 7.90.